The monoisotopic (exact) mass is 209 g/mol. The van der Waals surface area contributed by atoms with Gasteiger partial charge in [-0.1, -0.05) is 20.8 Å². The molecule has 4 heteroatoms. The van der Waals surface area contributed by atoms with Crippen LogP contribution in [0.3, 0.4) is 0 Å². The molecule has 1 heterocycles. The summed E-state index contributed by atoms with van der Waals surface area (Å²) in [6.07, 6.45) is 1.25. The predicted octanol–water partition coefficient (Wildman–Crippen LogP) is 1.32. The number of nitrogens with zero attached hydrogens (tertiary/aromatic N) is 1. The highest BCUT2D eigenvalue weighted by Crippen LogP contribution is 2.20. The third-order valence-electron chi connectivity index (χ3n) is 2.13. The van der Waals surface area contributed by atoms with Crippen LogP contribution >= 0.6 is 0 Å². The van der Waals surface area contributed by atoms with E-state index in [1.54, 1.807) is 27.8 Å². The van der Waals surface area contributed by atoms with E-state index in [0.717, 1.165) is 0 Å². The largest absolute Gasteiger partial charge is 0.503 e. The summed E-state index contributed by atoms with van der Waals surface area (Å²) in [5.41, 5.74) is -0.757. The van der Waals surface area contributed by atoms with Crippen LogP contribution < -0.4 is 5.43 Å². The zero-order valence-electron chi connectivity index (χ0n) is 9.37. The molecule has 1 aromatic heterocycles. The Morgan fingerprint density at radius 2 is 1.93 bits per heavy atom. The minimum Gasteiger partial charge on any atom is -0.503 e. The van der Waals surface area contributed by atoms with Gasteiger partial charge < -0.3 is 9.67 Å². The Kier molecular flexibility index (Phi) is 2.71. The highest BCUT2D eigenvalue weighted by atomic mass is 16.3. The molecule has 0 amide bonds. The van der Waals surface area contributed by atoms with E-state index in [0.29, 0.717) is 5.69 Å². The first-order chi connectivity index (χ1) is 6.73. The third kappa shape index (κ3) is 2.26. The second kappa shape index (κ2) is 3.53. The molecule has 0 saturated carbocycles. The van der Waals surface area contributed by atoms with E-state index in [2.05, 4.69) is 0 Å². The Bertz CT molecular complexity index is 452. The van der Waals surface area contributed by atoms with E-state index in [1.807, 2.05) is 0 Å². The van der Waals surface area contributed by atoms with Crippen LogP contribution in [-0.4, -0.2) is 15.5 Å². The van der Waals surface area contributed by atoms with Crippen molar-refractivity contribution in [2.45, 2.75) is 20.8 Å². The van der Waals surface area contributed by atoms with Gasteiger partial charge in [0.1, 0.15) is 0 Å². The van der Waals surface area contributed by atoms with Gasteiger partial charge in [-0.15, -0.1) is 0 Å². The predicted molar refractivity (Wildman–Crippen MR) is 57.1 cm³/mol. The third-order valence-corrected chi connectivity index (χ3v) is 2.13. The molecule has 0 aliphatic rings. The summed E-state index contributed by atoms with van der Waals surface area (Å²) in [7, 11) is 1.62. The Morgan fingerprint density at radius 3 is 2.40 bits per heavy atom. The maximum Gasteiger partial charge on any atom is 0.223 e. The standard InChI is InChI=1S/C11H15NO3/c1-11(2,3)10(15)7-5-8(13)9(14)6-12(7)4/h5-6,14H,1-4H3. The van der Waals surface area contributed by atoms with Gasteiger partial charge in [-0.05, 0) is 0 Å². The number of hydrogen-bond acceptors (Lipinski definition) is 3. The van der Waals surface area contributed by atoms with Gasteiger partial charge in [0.05, 0.1) is 11.9 Å². The molecule has 0 atom stereocenters. The van der Waals surface area contributed by atoms with Crippen LogP contribution in [0.15, 0.2) is 17.1 Å². The molecule has 0 radical (unpaired) electrons. The van der Waals surface area contributed by atoms with E-state index in [1.165, 1.54) is 16.8 Å². The number of Topliss-reactive ketones (excluding diaryl/α,β-unsaturated/α-hetero) is 1. The van der Waals surface area contributed by atoms with E-state index in [-0.39, 0.29) is 11.5 Å². The van der Waals surface area contributed by atoms with Crippen molar-refractivity contribution in [3.8, 4) is 5.75 Å². The molecule has 0 aliphatic heterocycles. The lowest BCUT2D eigenvalue weighted by Crippen LogP contribution is -2.25. The van der Waals surface area contributed by atoms with Gasteiger partial charge in [-0.3, -0.25) is 9.59 Å². The molecular weight excluding hydrogens is 194 g/mol. The fraction of sp³-hybridized carbons (Fsp3) is 0.455. The summed E-state index contributed by atoms with van der Waals surface area (Å²) >= 11 is 0. The molecular formula is C11H15NO3. The summed E-state index contributed by atoms with van der Waals surface area (Å²) < 4.78 is 1.46. The van der Waals surface area contributed by atoms with E-state index >= 15 is 0 Å². The van der Waals surface area contributed by atoms with Gasteiger partial charge >= 0.3 is 0 Å². The molecule has 4 nitrogen and oxygen atoms in total. The molecule has 15 heavy (non-hydrogen) atoms. The van der Waals surface area contributed by atoms with Gasteiger partial charge in [0.25, 0.3) is 0 Å². The molecule has 1 rings (SSSR count). The summed E-state index contributed by atoms with van der Waals surface area (Å²) in [5.74, 6) is -0.468. The number of carbonyl (C=O) groups is 1. The highest BCUT2D eigenvalue weighted by molar-refractivity contribution is 5.98. The van der Waals surface area contributed by atoms with Crippen LogP contribution in [0.25, 0.3) is 0 Å². The summed E-state index contributed by atoms with van der Waals surface area (Å²) in [6, 6.07) is 1.17. The zero-order chi connectivity index (χ0) is 11.8. The molecule has 0 fully saturated rings. The normalized spacial score (nSPS) is 11.5. The van der Waals surface area contributed by atoms with Crippen molar-refractivity contribution in [3.05, 3.63) is 28.2 Å². The van der Waals surface area contributed by atoms with Crippen molar-refractivity contribution in [3.63, 3.8) is 0 Å². The Balaban J connectivity index is 3.34. The number of rotatable bonds is 1. The Labute approximate surface area is 88.2 Å². The van der Waals surface area contributed by atoms with Crippen LogP contribution in [0, 0.1) is 5.41 Å². The van der Waals surface area contributed by atoms with Crippen molar-refractivity contribution in [1.29, 1.82) is 0 Å². The maximum atomic E-state index is 11.9. The van der Waals surface area contributed by atoms with Crippen LogP contribution in [0.4, 0.5) is 0 Å². The highest BCUT2D eigenvalue weighted by Gasteiger charge is 2.25. The molecule has 1 aromatic rings. The second-order valence-corrected chi connectivity index (χ2v) is 4.60. The molecule has 0 spiro atoms. The average Bonchev–Trinajstić information content (AvgIpc) is 2.08. The second-order valence-electron chi connectivity index (χ2n) is 4.60. The van der Waals surface area contributed by atoms with Crippen LogP contribution in [0.1, 0.15) is 31.3 Å². The quantitative estimate of drug-likeness (QED) is 0.709. The number of aromatic hydroxyl groups is 1. The smallest absolute Gasteiger partial charge is 0.223 e. The van der Waals surface area contributed by atoms with Crippen molar-refractivity contribution in [1.82, 2.24) is 4.57 Å². The number of pyridine rings is 1. The molecule has 0 aromatic carbocycles. The number of aromatic nitrogens is 1. The van der Waals surface area contributed by atoms with Gasteiger partial charge in [0.2, 0.25) is 5.43 Å². The molecule has 0 saturated heterocycles. The first kappa shape index (κ1) is 11.5. The van der Waals surface area contributed by atoms with Crippen molar-refractivity contribution < 1.29 is 9.90 Å². The molecule has 0 unspecified atom stereocenters. The molecule has 0 bridgehead atoms. The lowest BCUT2D eigenvalue weighted by Gasteiger charge is -2.18. The van der Waals surface area contributed by atoms with E-state index in [9.17, 15) is 9.59 Å². The van der Waals surface area contributed by atoms with Crippen LogP contribution in [0.2, 0.25) is 0 Å². The average molecular weight is 209 g/mol. The Morgan fingerprint density at radius 1 is 1.40 bits per heavy atom. The van der Waals surface area contributed by atoms with Crippen LogP contribution in [-0.2, 0) is 7.05 Å². The van der Waals surface area contributed by atoms with Gasteiger partial charge in [-0.25, -0.2) is 0 Å². The summed E-state index contributed by atoms with van der Waals surface area (Å²) in [6.45, 7) is 5.35. The van der Waals surface area contributed by atoms with Gasteiger partial charge in [-0.2, -0.15) is 0 Å². The van der Waals surface area contributed by atoms with E-state index < -0.39 is 10.8 Å². The lowest BCUT2D eigenvalue weighted by molar-refractivity contribution is 0.0848. The van der Waals surface area contributed by atoms with Crippen molar-refractivity contribution >= 4 is 5.78 Å². The molecule has 1 N–H and O–H groups in total. The zero-order valence-corrected chi connectivity index (χ0v) is 9.37. The molecule has 0 aliphatic carbocycles. The minimum absolute atomic E-state index is 0.123. The van der Waals surface area contributed by atoms with E-state index in [4.69, 9.17) is 5.11 Å². The summed E-state index contributed by atoms with van der Waals surface area (Å²) in [4.78, 5) is 23.1. The van der Waals surface area contributed by atoms with Gasteiger partial charge in [0, 0.05) is 18.5 Å². The minimum atomic E-state index is -0.541. The first-order valence-electron chi connectivity index (χ1n) is 4.68. The van der Waals surface area contributed by atoms with Crippen molar-refractivity contribution in [2.75, 3.05) is 0 Å². The fourth-order valence-corrected chi connectivity index (χ4v) is 1.23. The number of hydrogen-bond donors (Lipinski definition) is 1. The SMILES string of the molecule is Cn1cc(O)c(=O)cc1C(=O)C(C)(C)C. The van der Waals surface area contributed by atoms with Crippen LogP contribution in [0.5, 0.6) is 5.75 Å². The Hall–Kier alpha value is -1.58. The topological polar surface area (TPSA) is 59.3 Å². The number of aryl methyl sites for hydroxylation is 1. The summed E-state index contributed by atoms with van der Waals surface area (Å²) in [5, 5.41) is 9.16. The first-order valence-corrected chi connectivity index (χ1v) is 4.68. The number of ketones is 1. The fourth-order valence-electron chi connectivity index (χ4n) is 1.23. The maximum absolute atomic E-state index is 11.9. The number of carbonyl (C=O) groups excluding carboxylic acids is 1. The molecule has 82 valence electrons. The van der Waals surface area contributed by atoms with Crippen molar-refractivity contribution in [2.24, 2.45) is 12.5 Å². The van der Waals surface area contributed by atoms with Gasteiger partial charge in [0.15, 0.2) is 11.5 Å². The lowest BCUT2D eigenvalue weighted by atomic mass is 9.88.